The number of aryl methyl sites for hydroxylation is 1. The van der Waals surface area contributed by atoms with Gasteiger partial charge < -0.3 is 16.4 Å². The molecule has 0 spiro atoms. The van der Waals surface area contributed by atoms with Gasteiger partial charge in [0.2, 0.25) is 0 Å². The summed E-state index contributed by atoms with van der Waals surface area (Å²) in [5.74, 6) is 0.853. The molecule has 10 heteroatoms. The number of benzene rings is 3. The summed E-state index contributed by atoms with van der Waals surface area (Å²) >= 11 is 0. The number of halogens is 4. The van der Waals surface area contributed by atoms with Gasteiger partial charge in [-0.2, -0.15) is 18.4 Å². The number of anilines is 1. The van der Waals surface area contributed by atoms with Crippen molar-refractivity contribution in [2.45, 2.75) is 59.2 Å². The maximum atomic E-state index is 13.5. The quantitative estimate of drug-likeness (QED) is 0.0483. The van der Waals surface area contributed by atoms with Crippen LogP contribution in [0.3, 0.4) is 0 Å². The topological polar surface area (TPSA) is 103 Å². The van der Waals surface area contributed by atoms with Crippen LogP contribution >= 0.6 is 0 Å². The number of rotatable bonds is 11. The summed E-state index contributed by atoms with van der Waals surface area (Å²) < 4.78 is 52.2. The molecule has 1 saturated carbocycles. The van der Waals surface area contributed by atoms with Gasteiger partial charge in [-0.05, 0) is 91.7 Å². The van der Waals surface area contributed by atoms with Gasteiger partial charge in [0.15, 0.2) is 6.29 Å². The Hall–Kier alpha value is -4.75. The highest BCUT2D eigenvalue weighted by Gasteiger charge is 2.32. The highest BCUT2D eigenvalue weighted by atomic mass is 19.4. The lowest BCUT2D eigenvalue weighted by Crippen LogP contribution is -2.24. The Morgan fingerprint density at radius 1 is 1.09 bits per heavy atom. The van der Waals surface area contributed by atoms with E-state index < -0.39 is 11.7 Å². The summed E-state index contributed by atoms with van der Waals surface area (Å²) in [6.07, 6.45) is 0.368. The zero-order chi connectivity index (χ0) is 35.0. The molecule has 0 saturated heterocycles. The molecule has 47 heavy (non-hydrogen) atoms. The maximum Gasteiger partial charge on any atom is 0.416 e. The smallest absolute Gasteiger partial charge is 0.384 e. The van der Waals surface area contributed by atoms with Gasteiger partial charge >= 0.3 is 6.18 Å². The van der Waals surface area contributed by atoms with E-state index >= 15 is 0 Å². The highest BCUT2D eigenvalue weighted by molar-refractivity contribution is 5.98. The average molecular weight is 650 g/mol. The third-order valence-corrected chi connectivity index (χ3v) is 7.05. The summed E-state index contributed by atoms with van der Waals surface area (Å²) in [5.41, 5.74) is 9.02. The Balaban J connectivity index is 0.000000310. The number of amidine groups is 1. The summed E-state index contributed by atoms with van der Waals surface area (Å²) in [5, 5.41) is 15.3. The van der Waals surface area contributed by atoms with Crippen LogP contribution in [0.2, 0.25) is 0 Å². The first-order valence-corrected chi connectivity index (χ1v) is 15.5. The highest BCUT2D eigenvalue weighted by Crippen LogP contribution is 2.31. The molecule has 1 atom stereocenters. The van der Waals surface area contributed by atoms with Crippen molar-refractivity contribution < 1.29 is 22.4 Å². The number of nitrogens with zero attached hydrogens (tertiary/aromatic N) is 2. The Morgan fingerprint density at radius 2 is 1.77 bits per heavy atom. The van der Waals surface area contributed by atoms with E-state index in [0.717, 1.165) is 35.7 Å². The third kappa shape index (κ3) is 12.5. The molecule has 0 aliphatic heterocycles. The van der Waals surface area contributed by atoms with E-state index in [-0.39, 0.29) is 29.8 Å². The molecule has 1 aliphatic rings. The SMILES string of the molecule is CC.CC/C=C(/C=C(/C=O)Nc1cccc(C(N)=NC)c1)C(F)(F)F.Cc1cc(C(NCC2CC2)c2cccc(C#N)c2)ccc1F. The van der Waals surface area contributed by atoms with Crippen LogP contribution in [0, 0.1) is 30.0 Å². The second kappa shape index (κ2) is 19.0. The summed E-state index contributed by atoms with van der Waals surface area (Å²) in [7, 11) is 1.53. The molecule has 1 fully saturated rings. The Bertz CT molecular complexity index is 1600. The molecular weight excluding hydrogens is 606 g/mol. The Morgan fingerprint density at radius 3 is 2.34 bits per heavy atom. The molecule has 1 aliphatic carbocycles. The lowest BCUT2D eigenvalue weighted by Gasteiger charge is -2.21. The number of nitriles is 1. The molecule has 1 unspecified atom stereocenters. The van der Waals surface area contributed by atoms with E-state index in [4.69, 9.17) is 11.0 Å². The zero-order valence-corrected chi connectivity index (χ0v) is 27.5. The fourth-order valence-electron chi connectivity index (χ4n) is 4.47. The van der Waals surface area contributed by atoms with Crippen molar-refractivity contribution in [3.05, 3.63) is 124 Å². The van der Waals surface area contributed by atoms with Crippen LogP contribution in [-0.2, 0) is 4.79 Å². The molecule has 3 aromatic carbocycles. The molecule has 0 bridgehead atoms. The van der Waals surface area contributed by atoms with E-state index in [1.54, 1.807) is 44.2 Å². The molecule has 0 radical (unpaired) electrons. The minimum atomic E-state index is -4.52. The first-order chi connectivity index (χ1) is 22.5. The van der Waals surface area contributed by atoms with Gasteiger partial charge in [0.1, 0.15) is 11.7 Å². The van der Waals surface area contributed by atoms with Gasteiger partial charge in [-0.25, -0.2) is 4.39 Å². The minimum Gasteiger partial charge on any atom is -0.384 e. The lowest BCUT2D eigenvalue weighted by molar-refractivity contribution is -0.104. The average Bonchev–Trinajstić information content (AvgIpc) is 3.91. The van der Waals surface area contributed by atoms with Crippen LogP contribution in [0.15, 0.2) is 95.1 Å². The second-order valence-electron chi connectivity index (χ2n) is 10.6. The summed E-state index contributed by atoms with van der Waals surface area (Å²) in [6, 6.07) is 21.6. The van der Waals surface area contributed by atoms with Gasteiger partial charge in [0, 0.05) is 18.3 Å². The first kappa shape index (κ1) is 38.4. The Labute approximate surface area is 275 Å². The summed E-state index contributed by atoms with van der Waals surface area (Å²) in [6.45, 7) is 8.32. The number of nitrogens with one attached hydrogen (secondary N) is 2. The standard InChI is InChI=1S/C19H19FN2.C16H18F3N3O.C2H6/c1-13-9-17(7-8-18(13)20)19(22-12-14-5-6-14)16-4-2-3-15(10-16)11-21;1-3-5-12(16(17,18)19)9-14(10-23)22-13-7-4-6-11(8-13)15(20)21-2;1-2/h2-4,7-10,14,19,22H,5-6,12H2,1H3;4-10,22H,3H2,1-2H3,(H2,20,21);1-2H3/b;12-5-,14-9-;. The van der Waals surface area contributed by atoms with Gasteiger partial charge in [0.05, 0.1) is 28.9 Å². The molecular formula is C37H43F4N5O. The van der Waals surface area contributed by atoms with E-state index in [1.807, 2.05) is 44.2 Å². The van der Waals surface area contributed by atoms with Crippen LogP contribution < -0.4 is 16.4 Å². The fourth-order valence-corrected chi connectivity index (χ4v) is 4.47. The number of carbonyl (C=O) groups excluding carboxylic acids is 1. The van der Waals surface area contributed by atoms with Crippen molar-refractivity contribution in [3.63, 3.8) is 0 Å². The largest absolute Gasteiger partial charge is 0.416 e. The number of nitrogens with two attached hydrogens (primary N) is 1. The number of hydrogen-bond acceptors (Lipinski definition) is 5. The van der Waals surface area contributed by atoms with Crippen molar-refractivity contribution in [2.24, 2.45) is 16.6 Å². The zero-order valence-electron chi connectivity index (χ0n) is 27.5. The lowest BCUT2D eigenvalue weighted by atomic mass is 9.95. The van der Waals surface area contributed by atoms with Crippen molar-refractivity contribution in [2.75, 3.05) is 18.9 Å². The van der Waals surface area contributed by atoms with E-state index in [9.17, 15) is 22.4 Å². The molecule has 6 nitrogen and oxygen atoms in total. The van der Waals surface area contributed by atoms with E-state index in [1.165, 1.54) is 26.0 Å². The predicted molar refractivity (Wildman–Crippen MR) is 182 cm³/mol. The molecule has 0 heterocycles. The van der Waals surface area contributed by atoms with Crippen molar-refractivity contribution in [1.29, 1.82) is 5.26 Å². The van der Waals surface area contributed by atoms with Crippen molar-refractivity contribution in [3.8, 4) is 6.07 Å². The van der Waals surface area contributed by atoms with Crippen LogP contribution in [-0.4, -0.2) is 31.9 Å². The molecule has 3 aromatic rings. The molecule has 4 N–H and O–H groups in total. The third-order valence-electron chi connectivity index (χ3n) is 7.05. The van der Waals surface area contributed by atoms with Gasteiger partial charge in [-0.15, -0.1) is 0 Å². The Kier molecular flexibility index (Phi) is 15.6. The second-order valence-corrected chi connectivity index (χ2v) is 10.6. The predicted octanol–water partition coefficient (Wildman–Crippen LogP) is 8.54. The minimum absolute atomic E-state index is 0.00630. The number of carbonyl (C=O) groups is 1. The number of allylic oxidation sites excluding steroid dienone is 4. The number of aldehydes is 1. The van der Waals surface area contributed by atoms with Gasteiger partial charge in [-0.3, -0.25) is 9.79 Å². The molecule has 0 aromatic heterocycles. The van der Waals surface area contributed by atoms with Crippen LogP contribution in [0.4, 0.5) is 23.2 Å². The van der Waals surface area contributed by atoms with E-state index in [2.05, 4.69) is 21.7 Å². The molecule has 4 rings (SSSR count). The van der Waals surface area contributed by atoms with Crippen LogP contribution in [0.1, 0.15) is 73.9 Å². The normalized spacial score (nSPS) is 14.1. The number of aliphatic imine (C=N–C) groups is 1. The van der Waals surface area contributed by atoms with Crippen molar-refractivity contribution in [1.82, 2.24) is 5.32 Å². The summed E-state index contributed by atoms with van der Waals surface area (Å²) in [4.78, 5) is 14.9. The molecule has 0 amide bonds. The monoisotopic (exact) mass is 649 g/mol. The number of hydrogen-bond donors (Lipinski definition) is 3. The van der Waals surface area contributed by atoms with Crippen molar-refractivity contribution >= 4 is 17.8 Å². The maximum absolute atomic E-state index is 13.5. The van der Waals surface area contributed by atoms with Crippen LogP contribution in [0.5, 0.6) is 0 Å². The first-order valence-electron chi connectivity index (χ1n) is 15.5. The van der Waals surface area contributed by atoms with Gasteiger partial charge in [-0.1, -0.05) is 63.2 Å². The van der Waals surface area contributed by atoms with Gasteiger partial charge in [0.25, 0.3) is 0 Å². The van der Waals surface area contributed by atoms with Crippen LogP contribution in [0.25, 0.3) is 0 Å². The molecule has 250 valence electrons. The van der Waals surface area contributed by atoms with E-state index in [0.29, 0.717) is 28.7 Å². The number of alkyl halides is 3. The fraction of sp³-hybridized carbons (Fsp3) is 0.324.